The molecule has 2 aromatic rings. The van der Waals surface area contributed by atoms with Crippen molar-refractivity contribution in [3.05, 3.63) is 59.4 Å². The maximum Gasteiger partial charge on any atom is 0.165 e. The van der Waals surface area contributed by atoms with Crippen LogP contribution in [0.5, 0.6) is 11.5 Å². The minimum atomic E-state index is -0.541. The molecule has 0 radical (unpaired) electrons. The molecule has 2 rings (SSSR count). The molecule has 0 saturated carbocycles. The molecule has 0 aliphatic carbocycles. The number of ether oxygens (including phenoxy) is 2. The van der Waals surface area contributed by atoms with Crippen LogP contribution >= 0.6 is 0 Å². The number of carbonyl (C=O) groups is 1. The van der Waals surface area contributed by atoms with E-state index in [1.54, 1.807) is 13.2 Å². The summed E-state index contributed by atoms with van der Waals surface area (Å²) in [6, 6.07) is 11.5. The van der Waals surface area contributed by atoms with Crippen LogP contribution in [0.3, 0.4) is 0 Å². The van der Waals surface area contributed by atoms with Crippen LogP contribution in [0.1, 0.15) is 22.8 Å². The van der Waals surface area contributed by atoms with Gasteiger partial charge in [-0.3, -0.25) is 4.79 Å². The molecule has 0 aliphatic heterocycles. The number of hydrogen-bond acceptors (Lipinski definition) is 3. The van der Waals surface area contributed by atoms with Crippen molar-refractivity contribution in [2.45, 2.75) is 13.5 Å². The summed E-state index contributed by atoms with van der Waals surface area (Å²) in [7, 11) is 1.58. The molecule has 104 valence electrons. The van der Waals surface area contributed by atoms with E-state index in [2.05, 4.69) is 0 Å². The van der Waals surface area contributed by atoms with E-state index in [1.807, 2.05) is 24.3 Å². The summed E-state index contributed by atoms with van der Waals surface area (Å²) in [5.74, 6) is 0.125. The van der Waals surface area contributed by atoms with E-state index >= 15 is 0 Å². The number of methoxy groups -OCH3 is 1. The van der Waals surface area contributed by atoms with E-state index in [0.29, 0.717) is 5.56 Å². The Labute approximate surface area is 117 Å². The van der Waals surface area contributed by atoms with Crippen molar-refractivity contribution in [3.8, 4) is 11.5 Å². The molecule has 0 aliphatic rings. The van der Waals surface area contributed by atoms with Crippen molar-refractivity contribution in [2.24, 2.45) is 0 Å². The SMILES string of the molecule is COc1cccc(COc2ccc(C(C)=O)cc2F)c1. The van der Waals surface area contributed by atoms with E-state index in [0.717, 1.165) is 11.3 Å². The van der Waals surface area contributed by atoms with Gasteiger partial charge in [-0.25, -0.2) is 4.39 Å². The molecule has 0 bridgehead atoms. The quantitative estimate of drug-likeness (QED) is 0.781. The summed E-state index contributed by atoms with van der Waals surface area (Å²) in [6.45, 7) is 1.62. The van der Waals surface area contributed by atoms with Crippen LogP contribution in [-0.4, -0.2) is 12.9 Å². The molecule has 0 spiro atoms. The van der Waals surface area contributed by atoms with E-state index in [9.17, 15) is 9.18 Å². The van der Waals surface area contributed by atoms with Gasteiger partial charge in [-0.1, -0.05) is 12.1 Å². The second-order valence-corrected chi connectivity index (χ2v) is 4.34. The van der Waals surface area contributed by atoms with Gasteiger partial charge in [0, 0.05) is 5.56 Å². The fraction of sp³-hybridized carbons (Fsp3) is 0.188. The van der Waals surface area contributed by atoms with Crippen molar-refractivity contribution in [1.82, 2.24) is 0 Å². The molecule has 0 atom stereocenters. The van der Waals surface area contributed by atoms with Gasteiger partial charge in [-0.2, -0.15) is 0 Å². The third-order valence-corrected chi connectivity index (χ3v) is 2.87. The highest BCUT2D eigenvalue weighted by atomic mass is 19.1. The average molecular weight is 274 g/mol. The Balaban J connectivity index is 2.08. The minimum absolute atomic E-state index is 0.123. The normalized spacial score (nSPS) is 10.2. The van der Waals surface area contributed by atoms with Crippen molar-refractivity contribution in [1.29, 1.82) is 0 Å². The van der Waals surface area contributed by atoms with Crippen LogP contribution in [0.2, 0.25) is 0 Å². The van der Waals surface area contributed by atoms with E-state index in [4.69, 9.17) is 9.47 Å². The first-order chi connectivity index (χ1) is 9.60. The van der Waals surface area contributed by atoms with Crippen molar-refractivity contribution >= 4 is 5.78 Å². The number of carbonyl (C=O) groups excluding carboxylic acids is 1. The highest BCUT2D eigenvalue weighted by molar-refractivity contribution is 5.94. The Kier molecular flexibility index (Phi) is 4.35. The Morgan fingerprint density at radius 2 is 2.00 bits per heavy atom. The standard InChI is InChI=1S/C16H15FO3/c1-11(18)13-6-7-16(15(17)9-13)20-10-12-4-3-5-14(8-12)19-2/h3-9H,10H2,1-2H3. The highest BCUT2D eigenvalue weighted by Crippen LogP contribution is 2.21. The molecule has 0 N–H and O–H groups in total. The summed E-state index contributed by atoms with van der Waals surface area (Å²) in [5, 5.41) is 0. The van der Waals surface area contributed by atoms with Gasteiger partial charge in [0.15, 0.2) is 17.3 Å². The van der Waals surface area contributed by atoms with E-state index in [-0.39, 0.29) is 18.1 Å². The zero-order valence-electron chi connectivity index (χ0n) is 11.4. The largest absolute Gasteiger partial charge is 0.497 e. The third kappa shape index (κ3) is 3.35. The molecule has 0 saturated heterocycles. The van der Waals surface area contributed by atoms with Gasteiger partial charge < -0.3 is 9.47 Å². The second kappa shape index (κ2) is 6.19. The molecule has 0 unspecified atom stereocenters. The third-order valence-electron chi connectivity index (χ3n) is 2.87. The zero-order chi connectivity index (χ0) is 14.5. The van der Waals surface area contributed by atoms with Crippen LogP contribution in [-0.2, 0) is 6.61 Å². The van der Waals surface area contributed by atoms with Crippen LogP contribution in [0.15, 0.2) is 42.5 Å². The molecule has 4 heteroatoms. The fourth-order valence-electron chi connectivity index (χ4n) is 1.76. The minimum Gasteiger partial charge on any atom is -0.497 e. The molecule has 3 nitrogen and oxygen atoms in total. The maximum absolute atomic E-state index is 13.8. The number of ketones is 1. The summed E-state index contributed by atoms with van der Waals surface area (Å²) in [4.78, 5) is 11.1. The summed E-state index contributed by atoms with van der Waals surface area (Å²) < 4.78 is 24.3. The Morgan fingerprint density at radius 1 is 1.20 bits per heavy atom. The van der Waals surface area contributed by atoms with Gasteiger partial charge in [0.1, 0.15) is 12.4 Å². The molecular formula is C16H15FO3. The lowest BCUT2D eigenvalue weighted by Crippen LogP contribution is -2.00. The average Bonchev–Trinajstić information content (AvgIpc) is 2.46. The lowest BCUT2D eigenvalue weighted by atomic mass is 10.1. The van der Waals surface area contributed by atoms with Crippen LogP contribution in [0.4, 0.5) is 4.39 Å². The van der Waals surface area contributed by atoms with Crippen molar-refractivity contribution in [2.75, 3.05) is 7.11 Å². The van der Waals surface area contributed by atoms with E-state index < -0.39 is 5.82 Å². The molecular weight excluding hydrogens is 259 g/mol. The molecule has 20 heavy (non-hydrogen) atoms. The highest BCUT2D eigenvalue weighted by Gasteiger charge is 2.07. The lowest BCUT2D eigenvalue weighted by molar-refractivity contribution is 0.101. The topological polar surface area (TPSA) is 35.5 Å². The smallest absolute Gasteiger partial charge is 0.165 e. The number of halogens is 1. The first-order valence-corrected chi connectivity index (χ1v) is 6.16. The van der Waals surface area contributed by atoms with Crippen LogP contribution in [0, 0.1) is 5.82 Å². The lowest BCUT2D eigenvalue weighted by Gasteiger charge is -2.09. The van der Waals surface area contributed by atoms with Gasteiger partial charge in [0.2, 0.25) is 0 Å². The van der Waals surface area contributed by atoms with Crippen molar-refractivity contribution < 1.29 is 18.7 Å². The summed E-state index contributed by atoms with van der Waals surface area (Å²) in [6.07, 6.45) is 0. The van der Waals surface area contributed by atoms with Gasteiger partial charge in [-0.05, 0) is 42.8 Å². The first kappa shape index (κ1) is 14.1. The van der Waals surface area contributed by atoms with Crippen LogP contribution < -0.4 is 9.47 Å². The number of hydrogen-bond donors (Lipinski definition) is 0. The Bertz CT molecular complexity index is 623. The fourth-order valence-corrected chi connectivity index (χ4v) is 1.76. The van der Waals surface area contributed by atoms with Gasteiger partial charge in [0.25, 0.3) is 0 Å². The van der Waals surface area contributed by atoms with Gasteiger partial charge in [-0.15, -0.1) is 0 Å². The maximum atomic E-state index is 13.8. The van der Waals surface area contributed by atoms with E-state index in [1.165, 1.54) is 19.1 Å². The molecule has 0 heterocycles. The molecule has 0 amide bonds. The monoisotopic (exact) mass is 274 g/mol. The van der Waals surface area contributed by atoms with Crippen LogP contribution in [0.25, 0.3) is 0 Å². The van der Waals surface area contributed by atoms with Gasteiger partial charge in [0.05, 0.1) is 7.11 Å². The number of rotatable bonds is 5. The number of Topliss-reactive ketones (excluding diaryl/α,β-unsaturated/α-hetero) is 1. The Hall–Kier alpha value is -2.36. The molecule has 0 aromatic heterocycles. The predicted molar refractivity (Wildman–Crippen MR) is 73.7 cm³/mol. The number of benzene rings is 2. The first-order valence-electron chi connectivity index (χ1n) is 6.16. The zero-order valence-corrected chi connectivity index (χ0v) is 11.4. The molecule has 0 fully saturated rings. The Morgan fingerprint density at radius 3 is 2.65 bits per heavy atom. The summed E-state index contributed by atoms with van der Waals surface area (Å²) in [5.41, 5.74) is 1.20. The van der Waals surface area contributed by atoms with Gasteiger partial charge >= 0.3 is 0 Å². The second-order valence-electron chi connectivity index (χ2n) is 4.34. The predicted octanol–water partition coefficient (Wildman–Crippen LogP) is 3.62. The summed E-state index contributed by atoms with van der Waals surface area (Å²) >= 11 is 0. The van der Waals surface area contributed by atoms with Crippen molar-refractivity contribution in [3.63, 3.8) is 0 Å². The molecule has 2 aromatic carbocycles.